The second-order valence-corrected chi connectivity index (χ2v) is 5.04. The lowest BCUT2D eigenvalue weighted by Gasteiger charge is -2.37. The van der Waals surface area contributed by atoms with Gasteiger partial charge in [0.2, 0.25) is 0 Å². The summed E-state index contributed by atoms with van der Waals surface area (Å²) in [7, 11) is 1.60. The van der Waals surface area contributed by atoms with Gasteiger partial charge in [-0.25, -0.2) is 0 Å². The average Bonchev–Trinajstić information content (AvgIpc) is 2.25. The zero-order valence-corrected chi connectivity index (χ0v) is 10.7. The van der Waals surface area contributed by atoms with E-state index in [0.717, 1.165) is 5.46 Å². The van der Waals surface area contributed by atoms with Crippen LogP contribution in [0.25, 0.3) is 0 Å². The fourth-order valence-corrected chi connectivity index (χ4v) is 0.996. The van der Waals surface area contributed by atoms with Crippen molar-refractivity contribution in [3.63, 3.8) is 0 Å². The largest absolute Gasteiger partial charge is 0.427 e. The molecular formula is C13H17BNO2. The number of nitriles is 1. The topological polar surface area (TPSA) is 53.2 Å². The summed E-state index contributed by atoms with van der Waals surface area (Å²) in [5.74, 6) is 0. The van der Waals surface area contributed by atoms with Crippen molar-refractivity contribution < 1.29 is 9.76 Å². The highest BCUT2D eigenvalue weighted by Gasteiger charge is 2.35. The van der Waals surface area contributed by atoms with Crippen LogP contribution in [0.1, 0.15) is 33.3 Å². The highest BCUT2D eigenvalue weighted by atomic mass is 16.5. The van der Waals surface area contributed by atoms with Gasteiger partial charge in [0, 0.05) is 0 Å². The van der Waals surface area contributed by atoms with Gasteiger partial charge in [0.15, 0.2) is 0 Å². The Hall–Kier alpha value is -1.31. The number of rotatable bonds is 4. The van der Waals surface area contributed by atoms with E-state index >= 15 is 0 Å². The van der Waals surface area contributed by atoms with Crippen LogP contribution in [0.3, 0.4) is 0 Å². The van der Waals surface area contributed by atoms with Crippen LogP contribution in [-0.4, -0.2) is 23.8 Å². The summed E-state index contributed by atoms with van der Waals surface area (Å²) < 4.78 is 5.60. The molecule has 0 saturated carbocycles. The molecule has 0 aliphatic carbocycles. The molecule has 1 aromatic carbocycles. The van der Waals surface area contributed by atoms with Crippen LogP contribution in [0.4, 0.5) is 0 Å². The van der Waals surface area contributed by atoms with Gasteiger partial charge in [-0.05, 0) is 39.8 Å². The van der Waals surface area contributed by atoms with E-state index in [9.17, 15) is 5.11 Å². The summed E-state index contributed by atoms with van der Waals surface area (Å²) in [6, 6.07) is 9.12. The van der Waals surface area contributed by atoms with Crippen LogP contribution in [-0.2, 0) is 4.65 Å². The summed E-state index contributed by atoms with van der Waals surface area (Å²) in [6.07, 6.45) is 0. The maximum atomic E-state index is 9.92. The van der Waals surface area contributed by atoms with Crippen LogP contribution in [0.15, 0.2) is 24.3 Å². The van der Waals surface area contributed by atoms with Crippen molar-refractivity contribution in [2.24, 2.45) is 0 Å². The predicted molar refractivity (Wildman–Crippen MR) is 68.0 cm³/mol. The van der Waals surface area contributed by atoms with E-state index in [0.29, 0.717) is 5.56 Å². The fourth-order valence-electron chi connectivity index (χ4n) is 0.996. The van der Waals surface area contributed by atoms with Gasteiger partial charge in [-0.2, -0.15) is 5.26 Å². The van der Waals surface area contributed by atoms with Crippen LogP contribution < -0.4 is 5.46 Å². The third-order valence-corrected chi connectivity index (χ3v) is 3.00. The van der Waals surface area contributed by atoms with Crippen molar-refractivity contribution in [2.45, 2.75) is 38.9 Å². The monoisotopic (exact) mass is 230 g/mol. The lowest BCUT2D eigenvalue weighted by atomic mass is 9.82. The number of hydrogen-bond acceptors (Lipinski definition) is 3. The molecule has 4 heteroatoms. The van der Waals surface area contributed by atoms with E-state index in [4.69, 9.17) is 9.92 Å². The molecule has 0 aromatic heterocycles. The van der Waals surface area contributed by atoms with Gasteiger partial charge in [0.25, 0.3) is 0 Å². The van der Waals surface area contributed by atoms with Gasteiger partial charge in [-0.15, -0.1) is 0 Å². The number of benzene rings is 1. The van der Waals surface area contributed by atoms with Crippen LogP contribution in [0.2, 0.25) is 0 Å². The predicted octanol–water partition coefficient (Wildman–Crippen LogP) is 1.37. The van der Waals surface area contributed by atoms with E-state index < -0.39 is 11.2 Å². The molecule has 0 atom stereocenters. The number of nitrogens with zero attached hydrogens (tertiary/aromatic N) is 1. The Kier molecular flexibility index (Phi) is 3.97. The van der Waals surface area contributed by atoms with Crippen molar-refractivity contribution in [3.05, 3.63) is 29.8 Å². The number of aliphatic hydroxyl groups is 1. The zero-order valence-electron chi connectivity index (χ0n) is 10.7. The second kappa shape index (κ2) is 4.91. The first-order valence-electron chi connectivity index (χ1n) is 5.50. The summed E-state index contributed by atoms with van der Waals surface area (Å²) in [5, 5.41) is 18.6. The van der Waals surface area contributed by atoms with Gasteiger partial charge in [-0.1, -0.05) is 17.6 Å². The van der Waals surface area contributed by atoms with E-state index in [-0.39, 0.29) is 0 Å². The molecule has 17 heavy (non-hydrogen) atoms. The average molecular weight is 230 g/mol. The fraction of sp³-hybridized carbons (Fsp3) is 0.462. The minimum Gasteiger partial charge on any atom is -0.427 e. The molecule has 0 unspecified atom stereocenters. The minimum absolute atomic E-state index is 0.615. The quantitative estimate of drug-likeness (QED) is 0.794. The lowest BCUT2D eigenvalue weighted by molar-refractivity contribution is -0.0893. The van der Waals surface area contributed by atoms with Crippen molar-refractivity contribution >= 4 is 12.9 Å². The van der Waals surface area contributed by atoms with Gasteiger partial charge in [0.1, 0.15) is 0 Å². The number of hydrogen-bond donors (Lipinski definition) is 1. The highest BCUT2D eigenvalue weighted by molar-refractivity contribution is 6.47. The molecule has 1 N–H and O–H groups in total. The van der Waals surface area contributed by atoms with E-state index in [1.807, 2.05) is 13.8 Å². The maximum absolute atomic E-state index is 9.92. The molecule has 1 radical (unpaired) electrons. The molecule has 0 amide bonds. The van der Waals surface area contributed by atoms with Gasteiger partial charge in [0.05, 0.1) is 22.8 Å². The van der Waals surface area contributed by atoms with Crippen molar-refractivity contribution in [3.8, 4) is 6.07 Å². The van der Waals surface area contributed by atoms with Crippen molar-refractivity contribution in [2.75, 3.05) is 0 Å². The molecule has 0 spiro atoms. The Bertz CT molecular complexity index is 413. The first-order valence-corrected chi connectivity index (χ1v) is 5.50. The smallest absolute Gasteiger partial charge is 0.330 e. The van der Waals surface area contributed by atoms with E-state index in [1.165, 1.54) is 0 Å². The van der Waals surface area contributed by atoms with Crippen LogP contribution in [0, 0.1) is 11.3 Å². The van der Waals surface area contributed by atoms with Crippen LogP contribution >= 0.6 is 0 Å². The lowest BCUT2D eigenvalue weighted by Crippen LogP contribution is -2.49. The third-order valence-electron chi connectivity index (χ3n) is 3.00. The minimum atomic E-state index is -0.934. The van der Waals surface area contributed by atoms with Gasteiger partial charge < -0.3 is 9.76 Å². The summed E-state index contributed by atoms with van der Waals surface area (Å²) >= 11 is 0. The molecule has 1 aromatic rings. The van der Waals surface area contributed by atoms with E-state index in [2.05, 4.69) is 6.07 Å². The summed E-state index contributed by atoms with van der Waals surface area (Å²) in [5.41, 5.74) is -0.137. The standard InChI is InChI=1S/C13H17BNO2/c1-12(2,16)13(3,4)17-14-11-7-5-10(9-15)6-8-11/h5-8,16H,1-4H3. The molecule has 0 fully saturated rings. The molecular weight excluding hydrogens is 213 g/mol. The molecule has 0 bridgehead atoms. The molecule has 0 saturated heterocycles. The van der Waals surface area contributed by atoms with Gasteiger partial charge in [-0.3, -0.25) is 0 Å². The molecule has 1 rings (SSSR count). The zero-order chi connectivity index (χ0) is 13.1. The SMILES string of the molecule is CC(C)(O)C(C)(C)O[B]c1ccc(C#N)cc1. The van der Waals surface area contributed by atoms with Crippen molar-refractivity contribution in [1.82, 2.24) is 0 Å². The molecule has 0 aliphatic heterocycles. The normalized spacial score (nSPS) is 12.0. The molecule has 89 valence electrons. The maximum Gasteiger partial charge on any atom is 0.330 e. The Morgan fingerprint density at radius 2 is 1.71 bits per heavy atom. The van der Waals surface area contributed by atoms with Crippen LogP contribution in [0.5, 0.6) is 0 Å². The summed E-state index contributed by atoms with van der Waals surface area (Å²) in [6.45, 7) is 7.07. The molecule has 3 nitrogen and oxygen atoms in total. The Labute approximate surface area is 103 Å². The van der Waals surface area contributed by atoms with Crippen molar-refractivity contribution in [1.29, 1.82) is 5.26 Å². The van der Waals surface area contributed by atoms with Gasteiger partial charge >= 0.3 is 7.48 Å². The first-order chi connectivity index (χ1) is 7.76. The molecule has 0 aliphatic rings. The Balaban J connectivity index is 2.65. The Morgan fingerprint density at radius 1 is 1.18 bits per heavy atom. The second-order valence-electron chi connectivity index (χ2n) is 5.04. The third kappa shape index (κ3) is 3.59. The molecule has 0 heterocycles. The Morgan fingerprint density at radius 3 is 2.12 bits per heavy atom. The summed E-state index contributed by atoms with van der Waals surface area (Å²) in [4.78, 5) is 0. The van der Waals surface area contributed by atoms with E-state index in [1.54, 1.807) is 45.6 Å². The highest BCUT2D eigenvalue weighted by Crippen LogP contribution is 2.24. The first kappa shape index (κ1) is 13.8.